The summed E-state index contributed by atoms with van der Waals surface area (Å²) in [6.45, 7) is -0.265. The van der Waals surface area contributed by atoms with Gasteiger partial charge >= 0.3 is 6.18 Å². The van der Waals surface area contributed by atoms with E-state index in [0.717, 1.165) is 29.8 Å². The summed E-state index contributed by atoms with van der Waals surface area (Å²) >= 11 is 0. The molecule has 0 aliphatic carbocycles. The predicted octanol–water partition coefficient (Wildman–Crippen LogP) is 2.37. The standard InChI is InChI=1S/C19H19F3N2O4/c20-19(21,22)14-3-5-15(6-4-14)24-18(27)12-28-16-7-1-13(2-8-16)11-17(26)23-9-10-25/h1-8,25H,9-12H2,(H,23,26)(H,24,27). The highest BCUT2D eigenvalue weighted by Crippen LogP contribution is 2.29. The predicted molar refractivity (Wildman–Crippen MR) is 95.8 cm³/mol. The van der Waals surface area contributed by atoms with Crippen LogP contribution in [0.2, 0.25) is 0 Å². The molecule has 0 aromatic heterocycles. The van der Waals surface area contributed by atoms with Crippen molar-refractivity contribution in [1.82, 2.24) is 5.32 Å². The summed E-state index contributed by atoms with van der Waals surface area (Å²) < 4.78 is 42.8. The van der Waals surface area contributed by atoms with Gasteiger partial charge in [-0.15, -0.1) is 0 Å². The maximum atomic E-state index is 12.5. The topological polar surface area (TPSA) is 87.7 Å². The number of hydrogen-bond acceptors (Lipinski definition) is 4. The second-order valence-electron chi connectivity index (χ2n) is 5.81. The van der Waals surface area contributed by atoms with E-state index in [1.165, 1.54) is 0 Å². The molecule has 3 N–H and O–H groups in total. The van der Waals surface area contributed by atoms with Crippen molar-refractivity contribution < 1.29 is 32.6 Å². The molecule has 2 aromatic carbocycles. The number of hydrogen-bond donors (Lipinski definition) is 3. The van der Waals surface area contributed by atoms with E-state index in [2.05, 4.69) is 10.6 Å². The number of alkyl halides is 3. The third-order valence-corrected chi connectivity index (χ3v) is 3.59. The van der Waals surface area contributed by atoms with Crippen molar-refractivity contribution in [2.24, 2.45) is 0 Å². The molecule has 6 nitrogen and oxygen atoms in total. The molecule has 0 aliphatic heterocycles. The van der Waals surface area contributed by atoms with E-state index in [1.54, 1.807) is 24.3 Å². The third kappa shape index (κ3) is 6.92. The van der Waals surface area contributed by atoms with E-state index >= 15 is 0 Å². The van der Waals surface area contributed by atoms with Crippen LogP contribution in [0.25, 0.3) is 0 Å². The molecular weight excluding hydrogens is 377 g/mol. The number of aliphatic hydroxyl groups is 1. The van der Waals surface area contributed by atoms with Crippen LogP contribution in [0.1, 0.15) is 11.1 Å². The van der Waals surface area contributed by atoms with Gasteiger partial charge in [-0.25, -0.2) is 0 Å². The van der Waals surface area contributed by atoms with Gasteiger partial charge in [-0.1, -0.05) is 12.1 Å². The molecule has 0 heterocycles. The Kier molecular flexibility index (Phi) is 7.39. The normalized spacial score (nSPS) is 11.0. The highest BCUT2D eigenvalue weighted by atomic mass is 19.4. The first kappa shape index (κ1) is 21.2. The van der Waals surface area contributed by atoms with E-state index in [0.29, 0.717) is 5.75 Å². The van der Waals surface area contributed by atoms with Crippen molar-refractivity contribution >= 4 is 17.5 Å². The van der Waals surface area contributed by atoms with Crippen molar-refractivity contribution in [2.75, 3.05) is 25.1 Å². The largest absolute Gasteiger partial charge is 0.484 e. The minimum Gasteiger partial charge on any atom is -0.484 e. The first-order chi connectivity index (χ1) is 13.3. The molecule has 0 atom stereocenters. The van der Waals surface area contributed by atoms with E-state index < -0.39 is 17.6 Å². The van der Waals surface area contributed by atoms with Gasteiger partial charge in [0.25, 0.3) is 5.91 Å². The Balaban J connectivity index is 1.80. The van der Waals surface area contributed by atoms with Crippen LogP contribution >= 0.6 is 0 Å². The Labute approximate surface area is 159 Å². The molecule has 2 rings (SSSR count). The lowest BCUT2D eigenvalue weighted by Gasteiger charge is -2.10. The van der Waals surface area contributed by atoms with Gasteiger partial charge in [0.05, 0.1) is 18.6 Å². The minimum atomic E-state index is -4.43. The first-order valence-corrected chi connectivity index (χ1v) is 8.34. The zero-order valence-corrected chi connectivity index (χ0v) is 14.8. The molecule has 0 fully saturated rings. The molecule has 28 heavy (non-hydrogen) atoms. The first-order valence-electron chi connectivity index (χ1n) is 8.34. The van der Waals surface area contributed by atoms with Crippen LogP contribution in [-0.4, -0.2) is 36.7 Å². The minimum absolute atomic E-state index is 0.132. The molecule has 0 spiro atoms. The van der Waals surface area contributed by atoms with Crippen LogP contribution in [0, 0.1) is 0 Å². The summed E-state index contributed by atoms with van der Waals surface area (Å²) in [5, 5.41) is 13.6. The Morgan fingerprint density at radius 1 is 0.964 bits per heavy atom. The molecule has 9 heteroatoms. The van der Waals surface area contributed by atoms with Crippen molar-refractivity contribution in [1.29, 1.82) is 0 Å². The second kappa shape index (κ2) is 9.75. The summed E-state index contributed by atoms with van der Waals surface area (Å²) in [6.07, 6.45) is -4.29. The quantitative estimate of drug-likeness (QED) is 0.639. The number of rotatable bonds is 8. The average Bonchev–Trinajstić information content (AvgIpc) is 2.65. The Hall–Kier alpha value is -3.07. The molecule has 2 aromatic rings. The number of carbonyl (C=O) groups is 2. The lowest BCUT2D eigenvalue weighted by molar-refractivity contribution is -0.137. The van der Waals surface area contributed by atoms with Crippen molar-refractivity contribution in [3.63, 3.8) is 0 Å². The molecule has 0 aliphatic rings. The number of carbonyl (C=O) groups excluding carboxylic acids is 2. The van der Waals surface area contributed by atoms with E-state index in [1.807, 2.05) is 0 Å². The van der Waals surface area contributed by atoms with Crippen molar-refractivity contribution in [3.05, 3.63) is 59.7 Å². The van der Waals surface area contributed by atoms with Gasteiger partial charge in [-0.3, -0.25) is 9.59 Å². The Bertz CT molecular complexity index is 790. The second-order valence-corrected chi connectivity index (χ2v) is 5.81. The van der Waals surface area contributed by atoms with Crippen LogP contribution in [0.15, 0.2) is 48.5 Å². The maximum Gasteiger partial charge on any atom is 0.416 e. The third-order valence-electron chi connectivity index (χ3n) is 3.59. The number of anilines is 1. The smallest absolute Gasteiger partial charge is 0.416 e. The van der Waals surface area contributed by atoms with Crippen LogP contribution < -0.4 is 15.4 Å². The fraction of sp³-hybridized carbons (Fsp3) is 0.263. The maximum absolute atomic E-state index is 12.5. The molecule has 150 valence electrons. The van der Waals surface area contributed by atoms with Crippen molar-refractivity contribution in [3.8, 4) is 5.75 Å². The fourth-order valence-electron chi connectivity index (χ4n) is 2.24. The Morgan fingerprint density at radius 3 is 2.18 bits per heavy atom. The summed E-state index contributed by atoms with van der Waals surface area (Å²) in [7, 11) is 0. The lowest BCUT2D eigenvalue weighted by Crippen LogP contribution is -2.27. The van der Waals surface area contributed by atoms with Gasteiger partial charge in [-0.2, -0.15) is 13.2 Å². The number of halogens is 3. The van der Waals surface area contributed by atoms with Crippen LogP contribution in [0.3, 0.4) is 0 Å². The van der Waals surface area contributed by atoms with Crippen LogP contribution in [0.5, 0.6) is 5.75 Å². The summed E-state index contributed by atoms with van der Waals surface area (Å²) in [6, 6.07) is 10.6. The Morgan fingerprint density at radius 2 is 1.61 bits per heavy atom. The van der Waals surface area contributed by atoms with Crippen molar-refractivity contribution in [2.45, 2.75) is 12.6 Å². The van der Waals surface area contributed by atoms with E-state index in [9.17, 15) is 22.8 Å². The highest BCUT2D eigenvalue weighted by molar-refractivity contribution is 5.91. The van der Waals surface area contributed by atoms with Gasteiger partial charge < -0.3 is 20.5 Å². The van der Waals surface area contributed by atoms with Crippen LogP contribution in [-0.2, 0) is 22.2 Å². The highest BCUT2D eigenvalue weighted by Gasteiger charge is 2.29. The fourth-order valence-corrected chi connectivity index (χ4v) is 2.24. The molecule has 0 unspecified atom stereocenters. The monoisotopic (exact) mass is 396 g/mol. The van der Waals surface area contributed by atoms with E-state index in [4.69, 9.17) is 9.84 Å². The molecule has 0 saturated heterocycles. The number of amides is 2. The number of aliphatic hydroxyl groups excluding tert-OH is 1. The average molecular weight is 396 g/mol. The summed E-state index contributed by atoms with van der Waals surface area (Å²) in [4.78, 5) is 23.4. The zero-order chi connectivity index (χ0) is 20.6. The summed E-state index contributed by atoms with van der Waals surface area (Å²) in [5.41, 5.74) is 0.162. The van der Waals surface area contributed by atoms with Gasteiger partial charge in [0.2, 0.25) is 5.91 Å². The molecule has 2 amide bonds. The molecule has 0 radical (unpaired) electrons. The van der Waals surface area contributed by atoms with E-state index in [-0.39, 0.29) is 37.8 Å². The van der Waals surface area contributed by atoms with Gasteiger partial charge in [-0.05, 0) is 42.0 Å². The number of ether oxygens (including phenoxy) is 1. The molecular formula is C19H19F3N2O4. The van der Waals surface area contributed by atoms with Gasteiger partial charge in [0.1, 0.15) is 5.75 Å². The van der Waals surface area contributed by atoms with Crippen LogP contribution in [0.4, 0.5) is 18.9 Å². The SMILES string of the molecule is O=C(Cc1ccc(OCC(=O)Nc2ccc(C(F)(F)F)cc2)cc1)NCCO. The lowest BCUT2D eigenvalue weighted by atomic mass is 10.1. The summed E-state index contributed by atoms with van der Waals surface area (Å²) in [5.74, 6) is -0.340. The van der Waals surface area contributed by atoms with Gasteiger partial charge in [0.15, 0.2) is 6.61 Å². The zero-order valence-electron chi connectivity index (χ0n) is 14.8. The molecule has 0 saturated carbocycles. The number of benzene rings is 2. The number of nitrogens with one attached hydrogen (secondary N) is 2. The molecule has 0 bridgehead atoms. The van der Waals surface area contributed by atoms with Gasteiger partial charge in [0, 0.05) is 12.2 Å².